The Bertz CT molecular complexity index is 1090. The monoisotopic (exact) mass is 442 g/mol. The molecule has 6 nitrogen and oxygen atoms in total. The molecule has 144 valence electrons. The van der Waals surface area contributed by atoms with Crippen molar-refractivity contribution in [2.75, 3.05) is 13.2 Å². The molecule has 1 aromatic heterocycles. The molecule has 0 spiro atoms. The van der Waals surface area contributed by atoms with Crippen LogP contribution in [0.1, 0.15) is 34.6 Å². The van der Waals surface area contributed by atoms with Crippen LogP contribution in [-0.2, 0) is 4.79 Å². The van der Waals surface area contributed by atoms with Crippen molar-refractivity contribution in [3.05, 3.63) is 57.7 Å². The molecular weight excluding hydrogens is 424 g/mol. The molecule has 0 aliphatic carbocycles. The van der Waals surface area contributed by atoms with Crippen LogP contribution in [0.4, 0.5) is 0 Å². The molecule has 1 unspecified atom stereocenters. The van der Waals surface area contributed by atoms with Gasteiger partial charge in [0.1, 0.15) is 13.2 Å². The molecule has 1 atom stereocenters. The number of carbonyl (C=O) groups excluding carboxylic acids is 2. The fraction of sp³-hybridized carbons (Fsp3) is 0.238. The summed E-state index contributed by atoms with van der Waals surface area (Å²) in [7, 11) is 0. The third-order valence-electron chi connectivity index (χ3n) is 4.80. The summed E-state index contributed by atoms with van der Waals surface area (Å²) in [6, 6.07) is 10.7. The number of ether oxygens (including phenoxy) is 2. The third-order valence-corrected chi connectivity index (χ3v) is 5.49. The lowest BCUT2D eigenvalue weighted by Gasteiger charge is -2.22. The van der Waals surface area contributed by atoms with E-state index in [2.05, 4.69) is 26.2 Å². The number of benzene rings is 2. The fourth-order valence-electron chi connectivity index (χ4n) is 3.43. The van der Waals surface area contributed by atoms with E-state index in [0.717, 1.165) is 20.9 Å². The Labute approximate surface area is 170 Å². The summed E-state index contributed by atoms with van der Waals surface area (Å²) in [6.07, 6.45) is 0. The Kier molecular flexibility index (Phi) is 4.85. The van der Waals surface area contributed by atoms with E-state index in [-0.39, 0.29) is 0 Å². The first-order valence-corrected chi connectivity index (χ1v) is 9.76. The van der Waals surface area contributed by atoms with E-state index in [1.165, 1.54) is 0 Å². The van der Waals surface area contributed by atoms with Crippen LogP contribution in [0.2, 0.25) is 0 Å². The van der Waals surface area contributed by atoms with Gasteiger partial charge in [-0.05, 0) is 37.6 Å². The van der Waals surface area contributed by atoms with Crippen LogP contribution in [0, 0.1) is 6.92 Å². The molecule has 4 rings (SSSR count). The number of Topliss-reactive ketones (excluding diaryl/α,β-unsaturated/α-hetero) is 1. The predicted octanol–water partition coefficient (Wildman–Crippen LogP) is 4.07. The van der Waals surface area contributed by atoms with Gasteiger partial charge in [-0.25, -0.2) is 0 Å². The van der Waals surface area contributed by atoms with E-state index in [9.17, 15) is 9.59 Å². The van der Waals surface area contributed by atoms with E-state index >= 15 is 0 Å². The molecule has 0 fully saturated rings. The average Bonchev–Trinajstić information content (AvgIpc) is 3.02. The molecule has 0 saturated carbocycles. The lowest BCUT2D eigenvalue weighted by Crippen LogP contribution is -2.33. The van der Waals surface area contributed by atoms with E-state index in [4.69, 9.17) is 9.47 Å². The smallest absolute Gasteiger partial charge is 0.292 e. The average molecular weight is 443 g/mol. The summed E-state index contributed by atoms with van der Waals surface area (Å²) in [5, 5.41) is 3.54. The van der Waals surface area contributed by atoms with Gasteiger partial charge in [0.25, 0.3) is 11.7 Å². The van der Waals surface area contributed by atoms with Gasteiger partial charge in [-0.2, -0.15) is 0 Å². The Balaban J connectivity index is 1.58. The summed E-state index contributed by atoms with van der Waals surface area (Å²) >= 11 is 3.51. The number of aromatic nitrogens is 1. The number of nitrogens with one attached hydrogen (secondary N) is 2. The number of carbonyl (C=O) groups is 2. The van der Waals surface area contributed by atoms with Crippen molar-refractivity contribution in [2.24, 2.45) is 0 Å². The minimum Gasteiger partial charge on any atom is -0.486 e. The highest BCUT2D eigenvalue weighted by molar-refractivity contribution is 9.10. The number of fused-ring (bicyclic) bond motifs is 2. The first kappa shape index (κ1) is 18.6. The summed E-state index contributed by atoms with van der Waals surface area (Å²) in [4.78, 5) is 28.7. The van der Waals surface area contributed by atoms with Crippen LogP contribution < -0.4 is 14.8 Å². The molecule has 0 saturated heterocycles. The van der Waals surface area contributed by atoms with E-state index < -0.39 is 17.7 Å². The van der Waals surface area contributed by atoms with Gasteiger partial charge in [-0.3, -0.25) is 9.59 Å². The van der Waals surface area contributed by atoms with Gasteiger partial charge in [-0.1, -0.05) is 34.1 Å². The second-order valence-corrected chi connectivity index (χ2v) is 7.57. The van der Waals surface area contributed by atoms with E-state index in [0.29, 0.717) is 36.0 Å². The Hall–Kier alpha value is -2.80. The number of hydrogen-bond donors (Lipinski definition) is 2. The lowest BCUT2D eigenvalue weighted by atomic mass is 10.0. The van der Waals surface area contributed by atoms with Crippen molar-refractivity contribution in [1.29, 1.82) is 0 Å². The molecule has 2 heterocycles. The number of halogens is 1. The topological polar surface area (TPSA) is 80.4 Å². The first-order chi connectivity index (χ1) is 13.5. The van der Waals surface area contributed by atoms with Crippen LogP contribution >= 0.6 is 15.9 Å². The maximum atomic E-state index is 12.8. The number of amides is 1. The summed E-state index contributed by atoms with van der Waals surface area (Å²) in [5.41, 5.74) is 2.72. The number of aromatic amines is 1. The molecule has 2 N–H and O–H groups in total. The number of hydrogen-bond acceptors (Lipinski definition) is 4. The van der Waals surface area contributed by atoms with Crippen LogP contribution in [0.25, 0.3) is 10.9 Å². The maximum Gasteiger partial charge on any atom is 0.292 e. The van der Waals surface area contributed by atoms with Crippen LogP contribution in [0.5, 0.6) is 11.5 Å². The van der Waals surface area contributed by atoms with Crippen LogP contribution in [0.3, 0.4) is 0 Å². The second-order valence-electron chi connectivity index (χ2n) is 6.71. The zero-order valence-electron chi connectivity index (χ0n) is 15.5. The molecular formula is C21H19BrN2O4. The van der Waals surface area contributed by atoms with Crippen molar-refractivity contribution >= 4 is 38.5 Å². The largest absolute Gasteiger partial charge is 0.486 e. The molecule has 7 heteroatoms. The predicted molar refractivity (Wildman–Crippen MR) is 109 cm³/mol. The molecule has 2 aromatic carbocycles. The van der Waals surface area contributed by atoms with Crippen LogP contribution in [0.15, 0.2) is 40.9 Å². The minimum atomic E-state index is -0.651. The zero-order chi connectivity index (χ0) is 19.8. The number of H-pyrrole nitrogens is 1. The van der Waals surface area contributed by atoms with Crippen LogP contribution in [-0.4, -0.2) is 29.9 Å². The molecule has 3 aromatic rings. The van der Waals surface area contributed by atoms with Gasteiger partial charge < -0.3 is 19.8 Å². The standard InChI is InChI=1S/C21H19BrN2O4/c1-11(14-9-17-18(10-15(14)22)28-8-7-27-17)24-21(26)20(25)19-12(2)23-16-6-4-3-5-13(16)19/h3-6,9-11,23H,7-8H2,1-2H3,(H,24,26). The van der Waals surface area contributed by atoms with Crippen molar-refractivity contribution in [2.45, 2.75) is 19.9 Å². The summed E-state index contributed by atoms with van der Waals surface area (Å²) < 4.78 is 12.0. The van der Waals surface area contributed by atoms with Gasteiger partial charge in [0.05, 0.1) is 11.6 Å². The Morgan fingerprint density at radius 1 is 1.14 bits per heavy atom. The highest BCUT2D eigenvalue weighted by Crippen LogP contribution is 2.37. The van der Waals surface area contributed by atoms with Gasteiger partial charge in [0, 0.05) is 21.1 Å². The van der Waals surface area contributed by atoms with Gasteiger partial charge in [-0.15, -0.1) is 0 Å². The quantitative estimate of drug-likeness (QED) is 0.471. The molecule has 0 bridgehead atoms. The van der Waals surface area contributed by atoms with E-state index in [1.54, 1.807) is 6.92 Å². The van der Waals surface area contributed by atoms with E-state index in [1.807, 2.05) is 43.3 Å². The number of rotatable bonds is 4. The molecule has 28 heavy (non-hydrogen) atoms. The molecule has 1 amide bonds. The van der Waals surface area contributed by atoms with Gasteiger partial charge >= 0.3 is 0 Å². The van der Waals surface area contributed by atoms with Crippen molar-refractivity contribution in [3.8, 4) is 11.5 Å². The number of aryl methyl sites for hydroxylation is 1. The first-order valence-electron chi connectivity index (χ1n) is 8.97. The van der Waals surface area contributed by atoms with Crippen molar-refractivity contribution < 1.29 is 19.1 Å². The highest BCUT2D eigenvalue weighted by Gasteiger charge is 2.25. The Morgan fingerprint density at radius 3 is 2.57 bits per heavy atom. The molecule has 1 aliphatic heterocycles. The number of ketones is 1. The molecule has 0 radical (unpaired) electrons. The number of para-hydroxylation sites is 1. The van der Waals surface area contributed by atoms with Crippen molar-refractivity contribution in [3.63, 3.8) is 0 Å². The minimum absolute atomic E-state index is 0.396. The zero-order valence-corrected chi connectivity index (χ0v) is 17.1. The fourth-order valence-corrected chi connectivity index (χ4v) is 4.10. The third kappa shape index (κ3) is 3.26. The lowest BCUT2D eigenvalue weighted by molar-refractivity contribution is -0.117. The normalized spacial score (nSPS) is 14.0. The van der Waals surface area contributed by atoms with Gasteiger partial charge in [0.15, 0.2) is 11.5 Å². The summed E-state index contributed by atoms with van der Waals surface area (Å²) in [5.74, 6) is 0.0767. The molecule has 1 aliphatic rings. The second kappa shape index (κ2) is 7.31. The highest BCUT2D eigenvalue weighted by atomic mass is 79.9. The Morgan fingerprint density at radius 2 is 1.82 bits per heavy atom. The van der Waals surface area contributed by atoms with Crippen molar-refractivity contribution in [1.82, 2.24) is 10.3 Å². The maximum absolute atomic E-state index is 12.8. The summed E-state index contributed by atoms with van der Waals surface area (Å²) in [6.45, 7) is 4.60. The SMILES string of the molecule is Cc1[nH]c2ccccc2c1C(=O)C(=O)NC(C)c1cc2c(cc1Br)OCCO2. The van der Waals surface area contributed by atoms with Gasteiger partial charge in [0.2, 0.25) is 0 Å².